The summed E-state index contributed by atoms with van der Waals surface area (Å²) in [4.78, 5) is 0. The summed E-state index contributed by atoms with van der Waals surface area (Å²) >= 11 is 0. The van der Waals surface area contributed by atoms with Crippen molar-refractivity contribution in [1.82, 2.24) is 10.5 Å². The van der Waals surface area contributed by atoms with Gasteiger partial charge in [0.25, 0.3) is 0 Å². The Kier molecular flexibility index (Phi) is 3.81. The van der Waals surface area contributed by atoms with E-state index < -0.39 is 0 Å². The van der Waals surface area contributed by atoms with Crippen LogP contribution in [0.2, 0.25) is 0 Å². The van der Waals surface area contributed by atoms with Gasteiger partial charge in [-0.2, -0.15) is 0 Å². The minimum absolute atomic E-state index is 0.00608. The number of nitrogens with one attached hydrogen (secondary N) is 1. The molecule has 1 aromatic heterocycles. The van der Waals surface area contributed by atoms with Crippen molar-refractivity contribution in [3.8, 4) is 0 Å². The molecule has 1 fully saturated rings. The lowest BCUT2D eigenvalue weighted by molar-refractivity contribution is -0.0755. The molecule has 5 heteroatoms. The van der Waals surface area contributed by atoms with Crippen molar-refractivity contribution in [3.05, 3.63) is 17.5 Å². The van der Waals surface area contributed by atoms with Crippen LogP contribution in [0.4, 0.5) is 0 Å². The van der Waals surface area contributed by atoms with Crippen molar-refractivity contribution in [3.63, 3.8) is 0 Å². The van der Waals surface area contributed by atoms with Crippen LogP contribution in [0.3, 0.4) is 0 Å². The van der Waals surface area contributed by atoms with Gasteiger partial charge in [0, 0.05) is 12.5 Å². The summed E-state index contributed by atoms with van der Waals surface area (Å²) in [5, 5.41) is 16.4. The fraction of sp³-hybridized carbons (Fsp3) is 0.750. The summed E-state index contributed by atoms with van der Waals surface area (Å²) in [6.45, 7) is 6.65. The number of hydrogen-bond acceptors (Lipinski definition) is 5. The molecule has 1 saturated heterocycles. The van der Waals surface area contributed by atoms with Gasteiger partial charge in [0.2, 0.25) is 0 Å². The first-order valence-corrected chi connectivity index (χ1v) is 6.02. The highest BCUT2D eigenvalue weighted by molar-refractivity contribution is 5.11. The third-order valence-corrected chi connectivity index (χ3v) is 2.93. The van der Waals surface area contributed by atoms with Crippen molar-refractivity contribution in [2.24, 2.45) is 5.92 Å². The minimum Gasteiger partial charge on any atom is -0.388 e. The summed E-state index contributed by atoms with van der Waals surface area (Å²) in [5.41, 5.74) is 0.863. The van der Waals surface area contributed by atoms with Gasteiger partial charge in [-0.05, 0) is 12.5 Å². The molecule has 0 atom stereocenters. The van der Waals surface area contributed by atoms with Crippen LogP contribution in [0.5, 0.6) is 0 Å². The van der Waals surface area contributed by atoms with E-state index in [1.807, 2.05) is 0 Å². The van der Waals surface area contributed by atoms with Gasteiger partial charge >= 0.3 is 0 Å². The third-order valence-electron chi connectivity index (χ3n) is 2.93. The maximum absolute atomic E-state index is 8.92. The van der Waals surface area contributed by atoms with Crippen LogP contribution in [0, 0.1) is 5.92 Å². The van der Waals surface area contributed by atoms with Gasteiger partial charge in [-0.15, -0.1) is 0 Å². The van der Waals surface area contributed by atoms with E-state index in [1.165, 1.54) is 0 Å². The lowest BCUT2D eigenvalue weighted by atomic mass is 9.90. The third kappa shape index (κ3) is 3.06. The molecule has 2 N–H and O–H groups in total. The molecule has 0 aliphatic carbocycles. The SMILES string of the molecule is CC(C)CNC1(Cc2cc(CO)on2)COC1. The Morgan fingerprint density at radius 2 is 2.29 bits per heavy atom. The average Bonchev–Trinajstić information content (AvgIpc) is 2.69. The average molecular weight is 240 g/mol. The first-order valence-electron chi connectivity index (χ1n) is 6.02. The van der Waals surface area contributed by atoms with Crippen LogP contribution >= 0.6 is 0 Å². The number of aliphatic hydroxyl groups is 1. The van der Waals surface area contributed by atoms with Crippen molar-refractivity contribution in [2.75, 3.05) is 19.8 Å². The van der Waals surface area contributed by atoms with Gasteiger partial charge in [-0.25, -0.2) is 0 Å². The monoisotopic (exact) mass is 240 g/mol. The molecule has 0 spiro atoms. The van der Waals surface area contributed by atoms with Crippen molar-refractivity contribution in [1.29, 1.82) is 0 Å². The summed E-state index contributed by atoms with van der Waals surface area (Å²) in [7, 11) is 0. The van der Waals surface area contributed by atoms with Crippen LogP contribution in [0.15, 0.2) is 10.6 Å². The topological polar surface area (TPSA) is 67.5 Å². The van der Waals surface area contributed by atoms with Crippen LogP contribution in [0.1, 0.15) is 25.3 Å². The van der Waals surface area contributed by atoms with Crippen molar-refractivity contribution < 1.29 is 14.4 Å². The van der Waals surface area contributed by atoms with E-state index >= 15 is 0 Å². The zero-order chi connectivity index (χ0) is 12.3. The lowest BCUT2D eigenvalue weighted by Crippen LogP contribution is -2.62. The number of rotatable bonds is 6. The largest absolute Gasteiger partial charge is 0.388 e. The van der Waals surface area contributed by atoms with Gasteiger partial charge in [-0.3, -0.25) is 0 Å². The van der Waals surface area contributed by atoms with E-state index in [-0.39, 0.29) is 12.1 Å². The smallest absolute Gasteiger partial charge is 0.162 e. The Bertz CT molecular complexity index is 358. The summed E-state index contributed by atoms with van der Waals surface area (Å²) in [5.74, 6) is 1.12. The van der Waals surface area contributed by atoms with E-state index in [2.05, 4.69) is 24.3 Å². The van der Waals surface area contributed by atoms with Crippen molar-refractivity contribution >= 4 is 0 Å². The molecule has 0 amide bonds. The quantitative estimate of drug-likeness (QED) is 0.767. The Labute approximate surface area is 101 Å². The molecule has 1 aliphatic heterocycles. The number of nitrogens with zero attached hydrogens (tertiary/aromatic N) is 1. The van der Waals surface area contributed by atoms with E-state index in [0.29, 0.717) is 24.9 Å². The normalized spacial score (nSPS) is 18.4. The highest BCUT2D eigenvalue weighted by Crippen LogP contribution is 2.22. The maximum atomic E-state index is 8.92. The molecular weight excluding hydrogens is 220 g/mol. The standard InChI is InChI=1S/C12H20N2O3/c1-9(2)5-13-12(7-16-8-12)4-10-3-11(6-15)17-14-10/h3,9,13,15H,4-8H2,1-2H3. The molecule has 17 heavy (non-hydrogen) atoms. The Hall–Kier alpha value is -0.910. The molecule has 2 heterocycles. The number of aliphatic hydroxyl groups excluding tert-OH is 1. The molecule has 0 saturated carbocycles. The molecule has 0 aromatic carbocycles. The first-order chi connectivity index (χ1) is 8.13. The predicted octanol–water partition coefficient (Wildman–Crippen LogP) is 0.724. The molecule has 1 aromatic rings. The lowest BCUT2D eigenvalue weighted by Gasteiger charge is -2.42. The number of ether oxygens (including phenoxy) is 1. The summed E-state index contributed by atoms with van der Waals surface area (Å²) in [6.07, 6.45) is 0.781. The van der Waals surface area contributed by atoms with Gasteiger partial charge < -0.3 is 19.7 Å². The van der Waals surface area contributed by atoms with Gasteiger partial charge in [0.15, 0.2) is 5.76 Å². The molecule has 0 bridgehead atoms. The second kappa shape index (κ2) is 5.16. The molecule has 1 aliphatic rings. The zero-order valence-electron chi connectivity index (χ0n) is 10.4. The van der Waals surface area contributed by atoms with E-state index in [9.17, 15) is 0 Å². The maximum Gasteiger partial charge on any atom is 0.162 e. The molecule has 2 rings (SSSR count). The van der Waals surface area contributed by atoms with E-state index in [4.69, 9.17) is 14.4 Å². The van der Waals surface area contributed by atoms with Gasteiger partial charge in [0.05, 0.1) is 24.4 Å². The fourth-order valence-corrected chi connectivity index (χ4v) is 1.90. The highest BCUT2D eigenvalue weighted by Gasteiger charge is 2.39. The molecular formula is C12H20N2O3. The van der Waals surface area contributed by atoms with Crippen LogP contribution in [-0.2, 0) is 17.8 Å². The van der Waals surface area contributed by atoms with E-state index in [1.54, 1.807) is 6.07 Å². The summed E-state index contributed by atoms with van der Waals surface area (Å²) < 4.78 is 10.3. The predicted molar refractivity (Wildman–Crippen MR) is 62.5 cm³/mol. The molecule has 96 valence electrons. The second-order valence-corrected chi connectivity index (χ2v) is 5.17. The van der Waals surface area contributed by atoms with Gasteiger partial charge in [0.1, 0.15) is 6.61 Å². The number of hydrogen-bond donors (Lipinski definition) is 2. The van der Waals surface area contributed by atoms with Gasteiger partial charge in [-0.1, -0.05) is 19.0 Å². The Morgan fingerprint density at radius 3 is 2.76 bits per heavy atom. The van der Waals surface area contributed by atoms with Crippen molar-refractivity contribution in [2.45, 2.75) is 32.4 Å². The molecule has 5 nitrogen and oxygen atoms in total. The Balaban J connectivity index is 1.94. The highest BCUT2D eigenvalue weighted by atomic mass is 16.5. The number of aromatic nitrogens is 1. The second-order valence-electron chi connectivity index (χ2n) is 5.17. The van der Waals surface area contributed by atoms with Crippen LogP contribution < -0.4 is 5.32 Å². The molecule has 0 radical (unpaired) electrons. The summed E-state index contributed by atoms with van der Waals surface area (Å²) in [6, 6.07) is 1.80. The minimum atomic E-state index is -0.101. The van der Waals surface area contributed by atoms with Crippen LogP contribution in [0.25, 0.3) is 0 Å². The Morgan fingerprint density at radius 1 is 1.53 bits per heavy atom. The van der Waals surface area contributed by atoms with E-state index in [0.717, 1.165) is 18.7 Å². The first kappa shape index (κ1) is 12.5. The van der Waals surface area contributed by atoms with Crippen LogP contribution in [-0.4, -0.2) is 35.6 Å². The molecule has 0 unspecified atom stereocenters. The zero-order valence-corrected chi connectivity index (χ0v) is 10.4. The fourth-order valence-electron chi connectivity index (χ4n) is 1.90.